The molecule has 0 radical (unpaired) electrons. The molecule has 0 bridgehead atoms. The number of halogens is 3. The SMILES string of the molecule is CCC1(CNc2ccc(C(F)(F)F)cn2)CCCCN1c1c(C)ccc(C=O)c1-c1cnn(C)c1. The number of rotatable bonds is 7. The van der Waals surface area contributed by atoms with Crippen molar-refractivity contribution in [2.75, 3.05) is 23.3 Å². The van der Waals surface area contributed by atoms with Gasteiger partial charge in [0, 0.05) is 54.9 Å². The Labute approximate surface area is 203 Å². The Bertz CT molecular complexity index is 1190. The van der Waals surface area contributed by atoms with Gasteiger partial charge in [-0.05, 0) is 50.3 Å². The van der Waals surface area contributed by atoms with E-state index in [4.69, 9.17) is 0 Å². The molecule has 1 fully saturated rings. The van der Waals surface area contributed by atoms with Crippen molar-refractivity contribution in [1.82, 2.24) is 14.8 Å². The van der Waals surface area contributed by atoms with Crippen LogP contribution in [0.15, 0.2) is 42.9 Å². The first-order valence-electron chi connectivity index (χ1n) is 11.8. The topological polar surface area (TPSA) is 63.1 Å². The second-order valence-corrected chi connectivity index (χ2v) is 9.19. The second-order valence-electron chi connectivity index (χ2n) is 9.19. The second kappa shape index (κ2) is 9.71. The van der Waals surface area contributed by atoms with E-state index >= 15 is 0 Å². The number of carbonyl (C=O) groups excluding carboxylic acids is 1. The number of alkyl halides is 3. The molecule has 186 valence electrons. The number of hydrogen-bond donors (Lipinski definition) is 1. The highest BCUT2D eigenvalue weighted by Gasteiger charge is 2.39. The predicted octanol–water partition coefficient (Wildman–Crippen LogP) is 5.87. The quantitative estimate of drug-likeness (QED) is 0.424. The lowest BCUT2D eigenvalue weighted by molar-refractivity contribution is -0.137. The summed E-state index contributed by atoms with van der Waals surface area (Å²) < 4.78 is 40.5. The van der Waals surface area contributed by atoms with Crippen LogP contribution in [0.3, 0.4) is 0 Å². The zero-order valence-corrected chi connectivity index (χ0v) is 20.2. The van der Waals surface area contributed by atoms with E-state index in [1.807, 2.05) is 32.3 Å². The molecule has 1 saturated heterocycles. The highest BCUT2D eigenvalue weighted by Crippen LogP contribution is 2.43. The van der Waals surface area contributed by atoms with E-state index in [0.717, 1.165) is 73.2 Å². The fraction of sp³-hybridized carbons (Fsp3) is 0.423. The van der Waals surface area contributed by atoms with Crippen molar-refractivity contribution in [3.63, 3.8) is 0 Å². The summed E-state index contributed by atoms with van der Waals surface area (Å²) in [6.45, 7) is 5.50. The van der Waals surface area contributed by atoms with Crippen molar-refractivity contribution < 1.29 is 18.0 Å². The molecule has 0 saturated carbocycles. The Morgan fingerprint density at radius 3 is 2.57 bits per heavy atom. The number of aryl methyl sites for hydroxylation is 2. The van der Waals surface area contributed by atoms with Gasteiger partial charge in [-0.2, -0.15) is 18.3 Å². The molecular weight excluding hydrogens is 455 g/mol. The number of hydrogen-bond acceptors (Lipinski definition) is 5. The maximum absolute atomic E-state index is 12.9. The van der Waals surface area contributed by atoms with Crippen LogP contribution in [0.1, 0.15) is 54.1 Å². The molecule has 3 aromatic rings. The lowest BCUT2D eigenvalue weighted by atomic mass is 9.81. The average molecular weight is 486 g/mol. The van der Waals surface area contributed by atoms with Crippen molar-refractivity contribution in [3.8, 4) is 11.1 Å². The zero-order chi connectivity index (χ0) is 25.2. The summed E-state index contributed by atoms with van der Waals surface area (Å²) in [6, 6.07) is 6.23. The summed E-state index contributed by atoms with van der Waals surface area (Å²) in [6.07, 6.45) is 4.79. The van der Waals surface area contributed by atoms with E-state index in [9.17, 15) is 18.0 Å². The third-order valence-corrected chi connectivity index (χ3v) is 7.00. The Balaban J connectivity index is 1.73. The molecule has 0 amide bonds. The minimum atomic E-state index is -4.42. The molecule has 9 heteroatoms. The molecule has 1 aromatic carbocycles. The third kappa shape index (κ3) is 4.90. The Morgan fingerprint density at radius 2 is 1.97 bits per heavy atom. The summed E-state index contributed by atoms with van der Waals surface area (Å²) in [7, 11) is 1.85. The van der Waals surface area contributed by atoms with E-state index in [2.05, 4.69) is 27.2 Å². The monoisotopic (exact) mass is 485 g/mol. The molecule has 0 aliphatic carbocycles. The fourth-order valence-corrected chi connectivity index (χ4v) is 5.05. The number of carbonyl (C=O) groups is 1. The van der Waals surface area contributed by atoms with Crippen LogP contribution in [-0.4, -0.2) is 39.7 Å². The van der Waals surface area contributed by atoms with Crippen LogP contribution < -0.4 is 10.2 Å². The van der Waals surface area contributed by atoms with Crippen molar-refractivity contribution in [3.05, 3.63) is 59.5 Å². The predicted molar refractivity (Wildman–Crippen MR) is 131 cm³/mol. The molecular formula is C26H30F3N5O. The molecule has 1 N–H and O–H groups in total. The molecule has 1 aliphatic heterocycles. The first-order chi connectivity index (χ1) is 16.7. The molecule has 1 unspecified atom stereocenters. The first kappa shape index (κ1) is 24.8. The lowest BCUT2D eigenvalue weighted by Gasteiger charge is -2.50. The normalized spacial score (nSPS) is 18.5. The summed E-state index contributed by atoms with van der Waals surface area (Å²) in [5.74, 6) is 0.405. The number of aldehydes is 1. The Hall–Kier alpha value is -3.36. The van der Waals surface area contributed by atoms with Crippen LogP contribution >= 0.6 is 0 Å². The van der Waals surface area contributed by atoms with E-state index < -0.39 is 11.7 Å². The van der Waals surface area contributed by atoms with Gasteiger partial charge < -0.3 is 10.2 Å². The molecule has 35 heavy (non-hydrogen) atoms. The maximum atomic E-state index is 12.9. The Kier molecular flexibility index (Phi) is 6.87. The van der Waals surface area contributed by atoms with E-state index in [1.54, 1.807) is 10.9 Å². The van der Waals surface area contributed by atoms with Crippen molar-refractivity contribution in [2.45, 2.75) is 51.2 Å². The molecule has 1 aliphatic rings. The van der Waals surface area contributed by atoms with Crippen LogP contribution in [0.2, 0.25) is 0 Å². The number of piperidine rings is 1. The molecule has 0 spiro atoms. The minimum absolute atomic E-state index is 0.300. The van der Waals surface area contributed by atoms with Gasteiger partial charge in [-0.15, -0.1) is 0 Å². The van der Waals surface area contributed by atoms with Gasteiger partial charge in [-0.3, -0.25) is 9.48 Å². The van der Waals surface area contributed by atoms with E-state index in [0.29, 0.717) is 17.9 Å². The van der Waals surface area contributed by atoms with Crippen LogP contribution in [0.4, 0.5) is 24.7 Å². The molecule has 6 nitrogen and oxygen atoms in total. The molecule has 4 rings (SSSR count). The zero-order valence-electron chi connectivity index (χ0n) is 20.2. The third-order valence-electron chi connectivity index (χ3n) is 7.00. The van der Waals surface area contributed by atoms with Crippen molar-refractivity contribution in [2.24, 2.45) is 7.05 Å². The molecule has 3 heterocycles. The number of nitrogens with one attached hydrogen (secondary N) is 1. The Morgan fingerprint density at radius 1 is 1.17 bits per heavy atom. The standard InChI is InChI=1S/C26H30F3N5O/c1-4-25(17-31-22-10-9-21(14-30-22)26(27,28)29)11-5-6-12-34(25)24-18(2)7-8-19(16-35)23(24)20-13-32-33(3)15-20/h7-10,13-16H,4-6,11-12,17H2,1-3H3,(H,30,31). The summed E-state index contributed by atoms with van der Waals surface area (Å²) in [4.78, 5) is 18.4. The van der Waals surface area contributed by atoms with Gasteiger partial charge in [0.25, 0.3) is 0 Å². The summed E-state index contributed by atoms with van der Waals surface area (Å²) in [5.41, 5.74) is 3.34. The minimum Gasteiger partial charge on any atom is -0.368 e. The molecule has 2 aromatic heterocycles. The number of nitrogens with zero attached hydrogens (tertiary/aromatic N) is 4. The van der Waals surface area contributed by atoms with Gasteiger partial charge in [0.2, 0.25) is 0 Å². The number of aromatic nitrogens is 3. The highest BCUT2D eigenvalue weighted by molar-refractivity contribution is 5.95. The lowest BCUT2D eigenvalue weighted by Crippen LogP contribution is -2.56. The van der Waals surface area contributed by atoms with Gasteiger partial charge in [-0.1, -0.05) is 19.1 Å². The largest absolute Gasteiger partial charge is 0.417 e. The number of anilines is 2. The smallest absolute Gasteiger partial charge is 0.368 e. The number of benzene rings is 1. The highest BCUT2D eigenvalue weighted by atomic mass is 19.4. The number of pyridine rings is 1. The summed E-state index contributed by atoms with van der Waals surface area (Å²) in [5, 5.41) is 7.61. The van der Waals surface area contributed by atoms with Crippen LogP contribution in [0.25, 0.3) is 11.1 Å². The van der Waals surface area contributed by atoms with Crippen molar-refractivity contribution >= 4 is 17.8 Å². The van der Waals surface area contributed by atoms with Crippen molar-refractivity contribution in [1.29, 1.82) is 0 Å². The average Bonchev–Trinajstić information content (AvgIpc) is 3.28. The maximum Gasteiger partial charge on any atom is 0.417 e. The van der Waals surface area contributed by atoms with Crippen LogP contribution in [0, 0.1) is 6.92 Å². The van der Waals surface area contributed by atoms with Gasteiger partial charge in [-0.25, -0.2) is 4.98 Å². The first-order valence-corrected chi connectivity index (χ1v) is 11.8. The van der Waals surface area contributed by atoms with Crippen LogP contribution in [-0.2, 0) is 13.2 Å². The van der Waals surface area contributed by atoms with Crippen LogP contribution in [0.5, 0.6) is 0 Å². The van der Waals surface area contributed by atoms with E-state index in [1.165, 1.54) is 6.07 Å². The molecule has 1 atom stereocenters. The summed E-state index contributed by atoms with van der Waals surface area (Å²) >= 11 is 0. The van der Waals surface area contributed by atoms with E-state index in [-0.39, 0.29) is 5.54 Å². The van der Waals surface area contributed by atoms with Gasteiger partial charge in [0.1, 0.15) is 5.82 Å². The fourth-order valence-electron chi connectivity index (χ4n) is 5.05. The van der Waals surface area contributed by atoms with Gasteiger partial charge in [0.15, 0.2) is 6.29 Å². The van der Waals surface area contributed by atoms with Gasteiger partial charge >= 0.3 is 6.18 Å². The van der Waals surface area contributed by atoms with Gasteiger partial charge in [0.05, 0.1) is 17.3 Å².